The normalized spacial score (nSPS) is 12.0. The lowest BCUT2D eigenvalue weighted by molar-refractivity contribution is 0.421. The van der Waals surface area contributed by atoms with Crippen LogP contribution in [0.1, 0.15) is 24.4 Å². The molecule has 9 nitrogen and oxygen atoms in total. The van der Waals surface area contributed by atoms with Crippen molar-refractivity contribution >= 4 is 16.9 Å². The number of nitrogens with two attached hydrogens (primary N) is 1. The van der Waals surface area contributed by atoms with Gasteiger partial charge < -0.3 is 10.2 Å². The van der Waals surface area contributed by atoms with Crippen molar-refractivity contribution in [2.45, 2.75) is 13.0 Å². The Labute approximate surface area is 181 Å². The van der Waals surface area contributed by atoms with E-state index >= 15 is 0 Å². The second-order valence-electron chi connectivity index (χ2n) is 7.04. The van der Waals surface area contributed by atoms with E-state index in [1.165, 1.54) is 12.4 Å². The SMILES string of the molecule is CC(c1nnc(-c2ccccc2F)o1)n1nc(-c2cccc(C#N)c2)c2c(N)ncnc21. The van der Waals surface area contributed by atoms with E-state index in [9.17, 15) is 9.65 Å². The molecule has 5 aromatic rings. The molecule has 0 aliphatic heterocycles. The number of anilines is 1. The summed E-state index contributed by atoms with van der Waals surface area (Å²) in [6.07, 6.45) is 1.34. The lowest BCUT2D eigenvalue weighted by atomic mass is 10.1. The van der Waals surface area contributed by atoms with E-state index < -0.39 is 11.9 Å². The van der Waals surface area contributed by atoms with E-state index in [0.717, 1.165) is 0 Å². The minimum Gasteiger partial charge on any atom is -0.418 e. The van der Waals surface area contributed by atoms with Gasteiger partial charge in [-0.05, 0) is 31.2 Å². The topological polar surface area (TPSA) is 132 Å². The first kappa shape index (κ1) is 19.3. The van der Waals surface area contributed by atoms with Crippen LogP contribution in [0.15, 0.2) is 59.3 Å². The molecule has 1 atom stereocenters. The maximum absolute atomic E-state index is 14.1. The molecule has 32 heavy (non-hydrogen) atoms. The maximum atomic E-state index is 14.1. The Morgan fingerprint density at radius 3 is 2.78 bits per heavy atom. The quantitative estimate of drug-likeness (QED) is 0.459. The van der Waals surface area contributed by atoms with Gasteiger partial charge in [-0.2, -0.15) is 10.4 Å². The van der Waals surface area contributed by atoms with E-state index in [1.807, 2.05) is 6.07 Å². The molecule has 0 radical (unpaired) electrons. The molecule has 0 amide bonds. The van der Waals surface area contributed by atoms with Crippen molar-refractivity contribution in [2.24, 2.45) is 0 Å². The molecule has 0 aliphatic carbocycles. The van der Waals surface area contributed by atoms with Crippen LogP contribution < -0.4 is 5.73 Å². The fraction of sp³-hybridized carbons (Fsp3) is 0.0909. The van der Waals surface area contributed by atoms with Crippen LogP contribution in [-0.4, -0.2) is 29.9 Å². The van der Waals surface area contributed by atoms with Crippen LogP contribution in [0, 0.1) is 17.1 Å². The van der Waals surface area contributed by atoms with Gasteiger partial charge >= 0.3 is 0 Å². The number of hydrogen-bond acceptors (Lipinski definition) is 8. The van der Waals surface area contributed by atoms with Crippen molar-refractivity contribution in [3.63, 3.8) is 0 Å². The third kappa shape index (κ3) is 3.13. The van der Waals surface area contributed by atoms with Crippen molar-refractivity contribution in [1.29, 1.82) is 5.26 Å². The first-order chi connectivity index (χ1) is 15.6. The van der Waals surface area contributed by atoms with Gasteiger partial charge in [-0.3, -0.25) is 0 Å². The van der Waals surface area contributed by atoms with Crippen LogP contribution in [0.2, 0.25) is 0 Å². The Morgan fingerprint density at radius 1 is 1.12 bits per heavy atom. The number of halogens is 1. The minimum atomic E-state index is -0.535. The van der Waals surface area contributed by atoms with Crippen LogP contribution in [0.25, 0.3) is 33.7 Å². The zero-order valence-corrected chi connectivity index (χ0v) is 16.8. The lowest BCUT2D eigenvalue weighted by Gasteiger charge is -2.08. The molecule has 0 saturated carbocycles. The van der Waals surface area contributed by atoms with E-state index in [4.69, 9.17) is 15.2 Å². The average Bonchev–Trinajstić information content (AvgIpc) is 3.45. The Morgan fingerprint density at radius 2 is 1.97 bits per heavy atom. The molecule has 0 spiro atoms. The fourth-order valence-corrected chi connectivity index (χ4v) is 3.46. The molecule has 0 fully saturated rings. The summed E-state index contributed by atoms with van der Waals surface area (Å²) in [4.78, 5) is 8.44. The Balaban J connectivity index is 1.63. The van der Waals surface area contributed by atoms with Gasteiger partial charge in [0, 0.05) is 5.56 Å². The molecule has 3 aromatic heterocycles. The highest BCUT2D eigenvalue weighted by Crippen LogP contribution is 2.33. The number of nitrogens with zero attached hydrogens (tertiary/aromatic N) is 7. The van der Waals surface area contributed by atoms with Crippen molar-refractivity contribution in [3.8, 4) is 28.8 Å². The van der Waals surface area contributed by atoms with Gasteiger partial charge in [0.2, 0.25) is 5.89 Å². The van der Waals surface area contributed by atoms with Crippen molar-refractivity contribution < 1.29 is 8.81 Å². The predicted molar refractivity (Wildman–Crippen MR) is 113 cm³/mol. The summed E-state index contributed by atoms with van der Waals surface area (Å²) in [5.74, 6) is 0.0862. The largest absolute Gasteiger partial charge is 0.418 e. The Kier molecular flexibility index (Phi) is 4.56. The number of fused-ring (bicyclic) bond motifs is 1. The van der Waals surface area contributed by atoms with Crippen molar-refractivity contribution in [3.05, 3.63) is 72.1 Å². The first-order valence-electron chi connectivity index (χ1n) is 9.64. The predicted octanol–water partition coefficient (Wildman–Crippen LogP) is 3.75. The van der Waals surface area contributed by atoms with Gasteiger partial charge in [-0.1, -0.05) is 24.3 Å². The number of benzene rings is 2. The van der Waals surface area contributed by atoms with E-state index in [0.29, 0.717) is 27.9 Å². The van der Waals surface area contributed by atoms with Crippen LogP contribution >= 0.6 is 0 Å². The van der Waals surface area contributed by atoms with E-state index in [1.54, 1.807) is 48.0 Å². The molecule has 2 N–H and O–H groups in total. The van der Waals surface area contributed by atoms with Gasteiger partial charge in [-0.15, -0.1) is 10.2 Å². The molecule has 10 heteroatoms. The van der Waals surface area contributed by atoms with Crippen LogP contribution in [0.3, 0.4) is 0 Å². The molecule has 3 heterocycles. The van der Waals surface area contributed by atoms with Crippen LogP contribution in [0.5, 0.6) is 0 Å². The van der Waals surface area contributed by atoms with Gasteiger partial charge in [0.15, 0.2) is 5.65 Å². The molecule has 156 valence electrons. The van der Waals surface area contributed by atoms with Gasteiger partial charge in [-0.25, -0.2) is 19.0 Å². The molecule has 0 saturated heterocycles. The highest BCUT2D eigenvalue weighted by Gasteiger charge is 2.25. The third-order valence-electron chi connectivity index (χ3n) is 5.05. The summed E-state index contributed by atoms with van der Waals surface area (Å²) in [6, 6.07) is 14.8. The number of hydrogen-bond donors (Lipinski definition) is 1. The highest BCUT2D eigenvalue weighted by atomic mass is 19.1. The Bertz CT molecular complexity index is 1500. The second-order valence-corrected chi connectivity index (χ2v) is 7.04. The molecule has 5 rings (SSSR count). The molecule has 2 aromatic carbocycles. The van der Waals surface area contributed by atoms with Gasteiger partial charge in [0.05, 0.1) is 22.6 Å². The number of aromatic nitrogens is 6. The van der Waals surface area contributed by atoms with Crippen LogP contribution in [0.4, 0.5) is 10.2 Å². The van der Waals surface area contributed by atoms with Gasteiger partial charge in [0.1, 0.15) is 29.7 Å². The molecule has 0 aliphatic rings. The molecule has 0 bridgehead atoms. The van der Waals surface area contributed by atoms with Crippen molar-refractivity contribution in [2.75, 3.05) is 5.73 Å². The standard InChI is InChI=1S/C22H15FN8O/c1-12(21-28-29-22(32-21)15-7-2-3-8-16(15)23)31-20-17(19(25)26-11-27-20)18(30-31)14-6-4-5-13(9-14)10-24/h2-9,11-12H,1H3,(H2,25,26,27). The first-order valence-corrected chi connectivity index (χ1v) is 9.64. The number of nitriles is 1. The summed E-state index contributed by atoms with van der Waals surface area (Å²) in [5, 5.41) is 22.6. The summed E-state index contributed by atoms with van der Waals surface area (Å²) < 4.78 is 21.5. The second kappa shape index (κ2) is 7.55. The highest BCUT2D eigenvalue weighted by molar-refractivity contribution is 5.98. The summed E-state index contributed by atoms with van der Waals surface area (Å²) >= 11 is 0. The summed E-state index contributed by atoms with van der Waals surface area (Å²) in [6.45, 7) is 1.80. The molecular weight excluding hydrogens is 411 g/mol. The fourth-order valence-electron chi connectivity index (χ4n) is 3.46. The average molecular weight is 426 g/mol. The minimum absolute atomic E-state index is 0.0671. The monoisotopic (exact) mass is 426 g/mol. The number of rotatable bonds is 4. The third-order valence-corrected chi connectivity index (χ3v) is 5.05. The zero-order chi connectivity index (χ0) is 22.2. The molecular formula is C22H15FN8O. The van der Waals surface area contributed by atoms with E-state index in [2.05, 4.69) is 26.2 Å². The van der Waals surface area contributed by atoms with Crippen LogP contribution in [-0.2, 0) is 0 Å². The Hall–Kier alpha value is -4.65. The maximum Gasteiger partial charge on any atom is 0.250 e. The number of nitrogen functional groups attached to an aromatic ring is 1. The lowest BCUT2D eigenvalue weighted by Crippen LogP contribution is -2.10. The van der Waals surface area contributed by atoms with E-state index in [-0.39, 0.29) is 23.2 Å². The molecule has 1 unspecified atom stereocenters. The van der Waals surface area contributed by atoms with Crippen molar-refractivity contribution in [1.82, 2.24) is 29.9 Å². The zero-order valence-electron chi connectivity index (χ0n) is 16.8. The smallest absolute Gasteiger partial charge is 0.250 e. The van der Waals surface area contributed by atoms with Gasteiger partial charge in [0.25, 0.3) is 5.89 Å². The summed E-state index contributed by atoms with van der Waals surface area (Å²) in [7, 11) is 0. The summed E-state index contributed by atoms with van der Waals surface area (Å²) in [5.41, 5.74) is 8.53.